The maximum absolute atomic E-state index is 12.8. The van der Waals surface area contributed by atoms with Crippen LogP contribution in [-0.2, 0) is 22.6 Å². The number of likely N-dealkylation sites (tertiary alicyclic amines) is 1. The number of aryl methyl sites for hydroxylation is 1. The van der Waals surface area contributed by atoms with Gasteiger partial charge >= 0.3 is 0 Å². The van der Waals surface area contributed by atoms with E-state index in [1.54, 1.807) is 6.20 Å². The van der Waals surface area contributed by atoms with Crippen LogP contribution >= 0.6 is 0 Å². The maximum atomic E-state index is 12.8. The Kier molecular flexibility index (Phi) is 4.29. The molecule has 2 aliphatic carbocycles. The molecule has 25 heavy (non-hydrogen) atoms. The van der Waals surface area contributed by atoms with Crippen molar-refractivity contribution in [2.24, 2.45) is 11.3 Å². The number of carbonyl (C=O) groups is 2. The van der Waals surface area contributed by atoms with Crippen molar-refractivity contribution < 1.29 is 9.59 Å². The van der Waals surface area contributed by atoms with Gasteiger partial charge in [0.25, 0.3) is 0 Å². The molecule has 4 rings (SSSR count). The summed E-state index contributed by atoms with van der Waals surface area (Å²) in [7, 11) is 0. The van der Waals surface area contributed by atoms with Crippen LogP contribution in [0.25, 0.3) is 0 Å². The average Bonchev–Trinajstić information content (AvgIpc) is 2.96. The zero-order valence-electron chi connectivity index (χ0n) is 15.0. The number of amides is 2. The molecule has 0 spiro atoms. The van der Waals surface area contributed by atoms with Gasteiger partial charge in [-0.25, -0.2) is 0 Å². The number of piperidine rings is 1. The number of carbonyl (C=O) groups excluding carboxylic acids is 2. The molecule has 2 heterocycles. The predicted molar refractivity (Wildman–Crippen MR) is 93.7 cm³/mol. The summed E-state index contributed by atoms with van der Waals surface area (Å²) < 4.78 is 1.83. The lowest BCUT2D eigenvalue weighted by Crippen LogP contribution is -2.48. The summed E-state index contributed by atoms with van der Waals surface area (Å²) in [5.41, 5.74) is 0.974. The first-order valence-electron chi connectivity index (χ1n) is 9.71. The van der Waals surface area contributed by atoms with E-state index < -0.39 is 0 Å². The van der Waals surface area contributed by atoms with Crippen molar-refractivity contribution in [2.45, 2.75) is 64.5 Å². The summed E-state index contributed by atoms with van der Waals surface area (Å²) in [5, 5.41) is 7.33. The third-order valence-electron chi connectivity index (χ3n) is 6.36. The molecule has 6 heteroatoms. The van der Waals surface area contributed by atoms with Gasteiger partial charge in [0.15, 0.2) is 0 Å². The van der Waals surface area contributed by atoms with E-state index in [1.165, 1.54) is 12.8 Å². The molecule has 6 nitrogen and oxygen atoms in total. The molecule has 2 saturated carbocycles. The number of hydrogen-bond acceptors (Lipinski definition) is 3. The summed E-state index contributed by atoms with van der Waals surface area (Å²) in [4.78, 5) is 27.1. The maximum Gasteiger partial charge on any atom is 0.229 e. The van der Waals surface area contributed by atoms with Crippen molar-refractivity contribution in [1.82, 2.24) is 20.0 Å². The van der Waals surface area contributed by atoms with Crippen molar-refractivity contribution in [3.05, 3.63) is 18.0 Å². The van der Waals surface area contributed by atoms with Crippen LogP contribution in [0.3, 0.4) is 0 Å². The molecule has 1 saturated heterocycles. The molecule has 0 radical (unpaired) electrons. The van der Waals surface area contributed by atoms with Gasteiger partial charge in [0.2, 0.25) is 11.8 Å². The quantitative estimate of drug-likeness (QED) is 0.885. The van der Waals surface area contributed by atoms with Gasteiger partial charge in [-0.05, 0) is 50.5 Å². The molecular weight excluding hydrogens is 316 g/mol. The fourth-order valence-electron chi connectivity index (χ4n) is 4.77. The van der Waals surface area contributed by atoms with E-state index in [9.17, 15) is 9.59 Å². The molecule has 2 amide bonds. The zero-order chi connectivity index (χ0) is 17.4. The minimum Gasteiger partial charge on any atom is -0.353 e. The Hall–Kier alpha value is -1.85. The lowest BCUT2D eigenvalue weighted by molar-refractivity contribution is -0.138. The van der Waals surface area contributed by atoms with E-state index in [-0.39, 0.29) is 17.4 Å². The number of fused-ring (bicyclic) bond motifs is 1. The fraction of sp³-hybridized carbons (Fsp3) is 0.737. The van der Waals surface area contributed by atoms with Crippen LogP contribution in [-0.4, -0.2) is 45.6 Å². The van der Waals surface area contributed by atoms with Crippen LogP contribution in [0.15, 0.2) is 12.4 Å². The minimum absolute atomic E-state index is 0.0233. The molecular formula is C19H28N4O2. The van der Waals surface area contributed by atoms with E-state index in [0.29, 0.717) is 18.2 Å². The molecule has 0 unspecified atom stereocenters. The van der Waals surface area contributed by atoms with Gasteiger partial charge in [-0.1, -0.05) is 6.42 Å². The van der Waals surface area contributed by atoms with Crippen molar-refractivity contribution in [1.29, 1.82) is 0 Å². The number of nitrogens with zero attached hydrogens (tertiary/aromatic N) is 3. The highest BCUT2D eigenvalue weighted by molar-refractivity contribution is 5.86. The first kappa shape index (κ1) is 16.6. The molecule has 3 aliphatic rings. The average molecular weight is 344 g/mol. The van der Waals surface area contributed by atoms with Crippen LogP contribution in [0.2, 0.25) is 0 Å². The van der Waals surface area contributed by atoms with E-state index in [1.807, 2.05) is 17.8 Å². The SMILES string of the molecule is CCn1cc(CC(=O)NC2CCN(C(=O)[C@@]34CCC[C@@H]3C4)CC2)cn1. The summed E-state index contributed by atoms with van der Waals surface area (Å²) in [6.07, 6.45) is 10.5. The zero-order valence-corrected chi connectivity index (χ0v) is 15.0. The summed E-state index contributed by atoms with van der Waals surface area (Å²) in [5.74, 6) is 1.12. The van der Waals surface area contributed by atoms with Crippen LogP contribution in [0.1, 0.15) is 51.0 Å². The molecule has 1 N–H and O–H groups in total. The van der Waals surface area contributed by atoms with Gasteiger partial charge in [0, 0.05) is 31.9 Å². The van der Waals surface area contributed by atoms with E-state index in [4.69, 9.17) is 0 Å². The summed E-state index contributed by atoms with van der Waals surface area (Å²) >= 11 is 0. The standard InChI is InChI=1S/C19H28N4O2/c1-2-23-13-14(12-20-23)10-17(24)21-16-5-8-22(9-6-16)18(25)19-7-3-4-15(19)11-19/h12-13,15-16H,2-11H2,1H3,(H,21,24)/t15-,19-/m1/s1. The normalized spacial score (nSPS) is 28.7. The van der Waals surface area contributed by atoms with Crippen molar-refractivity contribution in [3.8, 4) is 0 Å². The molecule has 1 aromatic rings. The second kappa shape index (κ2) is 6.46. The Labute approximate surface area is 148 Å². The molecule has 0 bridgehead atoms. The molecule has 1 aliphatic heterocycles. The molecule has 2 atom stereocenters. The van der Waals surface area contributed by atoms with Crippen molar-refractivity contribution >= 4 is 11.8 Å². The van der Waals surface area contributed by atoms with Gasteiger partial charge in [0.1, 0.15) is 0 Å². The Bertz CT molecular complexity index is 662. The Morgan fingerprint density at radius 3 is 2.72 bits per heavy atom. The second-order valence-corrected chi connectivity index (χ2v) is 7.96. The van der Waals surface area contributed by atoms with E-state index in [2.05, 4.69) is 15.3 Å². The Morgan fingerprint density at radius 2 is 2.12 bits per heavy atom. The molecule has 136 valence electrons. The Balaban J connectivity index is 1.23. The first-order chi connectivity index (χ1) is 12.1. The van der Waals surface area contributed by atoms with Crippen molar-refractivity contribution in [2.75, 3.05) is 13.1 Å². The van der Waals surface area contributed by atoms with E-state index in [0.717, 1.165) is 50.9 Å². The van der Waals surface area contributed by atoms with Gasteiger partial charge in [-0.15, -0.1) is 0 Å². The second-order valence-electron chi connectivity index (χ2n) is 7.96. The molecule has 3 fully saturated rings. The van der Waals surface area contributed by atoms with Crippen LogP contribution in [0.4, 0.5) is 0 Å². The lowest BCUT2D eigenvalue weighted by Gasteiger charge is -2.34. The van der Waals surface area contributed by atoms with E-state index >= 15 is 0 Å². The largest absolute Gasteiger partial charge is 0.353 e. The number of hydrogen-bond donors (Lipinski definition) is 1. The third kappa shape index (κ3) is 3.18. The summed E-state index contributed by atoms with van der Waals surface area (Å²) in [6, 6.07) is 0.189. The smallest absolute Gasteiger partial charge is 0.229 e. The highest BCUT2D eigenvalue weighted by atomic mass is 16.2. The van der Waals surface area contributed by atoms with Gasteiger partial charge in [-0.3, -0.25) is 14.3 Å². The van der Waals surface area contributed by atoms with Crippen LogP contribution < -0.4 is 5.32 Å². The van der Waals surface area contributed by atoms with Crippen LogP contribution in [0.5, 0.6) is 0 Å². The third-order valence-corrected chi connectivity index (χ3v) is 6.36. The fourth-order valence-corrected chi connectivity index (χ4v) is 4.77. The summed E-state index contributed by atoms with van der Waals surface area (Å²) in [6.45, 7) is 4.41. The highest BCUT2D eigenvalue weighted by Gasteiger charge is 2.63. The number of aromatic nitrogens is 2. The molecule has 0 aromatic carbocycles. The molecule has 1 aromatic heterocycles. The highest BCUT2D eigenvalue weighted by Crippen LogP contribution is 2.64. The number of nitrogens with one attached hydrogen (secondary N) is 1. The van der Waals surface area contributed by atoms with Crippen LogP contribution in [0, 0.1) is 11.3 Å². The monoisotopic (exact) mass is 344 g/mol. The lowest BCUT2D eigenvalue weighted by atomic mass is 9.98. The minimum atomic E-state index is 0.0233. The van der Waals surface area contributed by atoms with Gasteiger partial charge in [0.05, 0.1) is 18.0 Å². The van der Waals surface area contributed by atoms with Gasteiger partial charge < -0.3 is 10.2 Å². The van der Waals surface area contributed by atoms with Gasteiger partial charge in [-0.2, -0.15) is 5.10 Å². The number of rotatable bonds is 5. The Morgan fingerprint density at radius 1 is 1.32 bits per heavy atom. The van der Waals surface area contributed by atoms with Crippen molar-refractivity contribution in [3.63, 3.8) is 0 Å². The first-order valence-corrected chi connectivity index (χ1v) is 9.71. The topological polar surface area (TPSA) is 67.2 Å². The predicted octanol–water partition coefficient (Wildman–Crippen LogP) is 1.74.